The van der Waals surface area contributed by atoms with Crippen molar-refractivity contribution in [3.05, 3.63) is 113 Å². The number of amides is 1. The van der Waals surface area contributed by atoms with Crippen molar-refractivity contribution in [2.24, 2.45) is 5.10 Å². The zero-order valence-corrected chi connectivity index (χ0v) is 17.3. The lowest BCUT2D eigenvalue weighted by Crippen LogP contribution is -2.14. The van der Waals surface area contributed by atoms with Crippen LogP contribution in [0.4, 0.5) is 0 Å². The average Bonchev–Trinajstić information content (AvgIpc) is 2.75. The molecule has 0 aliphatic heterocycles. The molecule has 0 bridgehead atoms. The van der Waals surface area contributed by atoms with E-state index in [1.165, 1.54) is 0 Å². The molecule has 0 radical (unpaired) electrons. The van der Waals surface area contributed by atoms with Gasteiger partial charge in [0, 0.05) is 22.1 Å². The first-order chi connectivity index (χ1) is 14.3. The second kappa shape index (κ2) is 11.7. The highest BCUT2D eigenvalue weighted by atomic mass is 32.2. The van der Waals surface area contributed by atoms with Crippen LogP contribution >= 0.6 is 23.5 Å². The number of carbonyl (C=O) groups excluding carboxylic acids is 1. The highest BCUT2D eigenvalue weighted by molar-refractivity contribution is 8.22. The predicted octanol–water partition coefficient (Wildman–Crippen LogP) is 6.23. The molecule has 0 unspecified atom stereocenters. The molecule has 0 saturated heterocycles. The van der Waals surface area contributed by atoms with Crippen molar-refractivity contribution in [3.63, 3.8) is 0 Å². The Balaban J connectivity index is 1.63. The molecular weight excluding hydrogens is 396 g/mol. The van der Waals surface area contributed by atoms with Crippen molar-refractivity contribution < 1.29 is 4.79 Å². The smallest absolute Gasteiger partial charge is 0.265 e. The van der Waals surface area contributed by atoms with Crippen LogP contribution in [0.25, 0.3) is 6.08 Å². The fourth-order valence-corrected chi connectivity index (χ4v) is 4.42. The van der Waals surface area contributed by atoms with Crippen LogP contribution in [0.3, 0.4) is 0 Å². The van der Waals surface area contributed by atoms with Crippen LogP contribution in [0, 0.1) is 0 Å². The summed E-state index contributed by atoms with van der Waals surface area (Å²) in [5.41, 5.74) is 3.62. The van der Waals surface area contributed by atoms with Gasteiger partial charge in [0.15, 0.2) is 0 Å². The molecule has 144 valence electrons. The maximum atomic E-state index is 12.3. The second-order valence-electron chi connectivity index (χ2n) is 5.82. The third-order valence-corrected chi connectivity index (χ3v) is 5.75. The van der Waals surface area contributed by atoms with Crippen LogP contribution < -0.4 is 5.43 Å². The molecule has 0 spiro atoms. The number of carbonyl (C=O) groups is 1. The number of nitrogens with zero attached hydrogens (tertiary/aromatic N) is 1. The maximum Gasteiger partial charge on any atom is 0.265 e. The summed E-state index contributed by atoms with van der Waals surface area (Å²) in [6, 6.07) is 29.9. The van der Waals surface area contributed by atoms with Gasteiger partial charge in [0.25, 0.3) is 5.91 Å². The van der Waals surface area contributed by atoms with Gasteiger partial charge in [-0.3, -0.25) is 4.79 Å². The molecular formula is C24H20N2OS2. The van der Waals surface area contributed by atoms with Crippen LogP contribution in [0.15, 0.2) is 122 Å². The van der Waals surface area contributed by atoms with E-state index >= 15 is 0 Å². The van der Waals surface area contributed by atoms with Gasteiger partial charge in [0.1, 0.15) is 0 Å². The Morgan fingerprint density at radius 1 is 0.759 bits per heavy atom. The van der Waals surface area contributed by atoms with Gasteiger partial charge in [-0.2, -0.15) is 5.10 Å². The number of allylic oxidation sites excluding steroid dienone is 1. The third kappa shape index (κ3) is 7.86. The molecule has 29 heavy (non-hydrogen) atoms. The van der Waals surface area contributed by atoms with Crippen molar-refractivity contribution in [1.82, 2.24) is 5.43 Å². The molecule has 3 rings (SSSR count). The molecule has 0 atom stereocenters. The number of benzene rings is 3. The van der Waals surface area contributed by atoms with E-state index in [1.807, 2.05) is 97.1 Å². The Morgan fingerprint density at radius 2 is 1.28 bits per heavy atom. The number of hydrogen-bond donors (Lipinski definition) is 1. The van der Waals surface area contributed by atoms with E-state index < -0.39 is 0 Å². The van der Waals surface area contributed by atoms with Gasteiger partial charge in [-0.1, -0.05) is 96.3 Å². The fraction of sp³-hybridized carbons (Fsp3) is 0. The van der Waals surface area contributed by atoms with E-state index in [9.17, 15) is 4.79 Å². The summed E-state index contributed by atoms with van der Waals surface area (Å²) in [5, 5.41) is 3.98. The second-order valence-corrected chi connectivity index (χ2v) is 8.31. The first kappa shape index (κ1) is 20.7. The van der Waals surface area contributed by atoms with Gasteiger partial charge >= 0.3 is 0 Å². The van der Waals surface area contributed by atoms with E-state index in [2.05, 4.69) is 10.5 Å². The molecule has 5 heteroatoms. The minimum atomic E-state index is -0.267. The van der Waals surface area contributed by atoms with Crippen LogP contribution in [0.1, 0.15) is 5.56 Å². The largest absolute Gasteiger partial charge is 0.268 e. The zero-order valence-electron chi connectivity index (χ0n) is 15.6. The fourth-order valence-electron chi connectivity index (χ4n) is 2.29. The number of thioether (sulfide) groups is 2. The van der Waals surface area contributed by atoms with E-state index in [0.29, 0.717) is 0 Å². The summed E-state index contributed by atoms with van der Waals surface area (Å²) in [6.45, 7) is 0. The van der Waals surface area contributed by atoms with Crippen molar-refractivity contribution in [2.45, 2.75) is 9.79 Å². The lowest BCUT2D eigenvalue weighted by molar-refractivity contribution is -0.116. The molecule has 3 aromatic rings. The summed E-state index contributed by atoms with van der Waals surface area (Å²) in [7, 11) is 0. The molecule has 1 amide bonds. The van der Waals surface area contributed by atoms with Gasteiger partial charge in [-0.25, -0.2) is 5.43 Å². The maximum absolute atomic E-state index is 12.3. The summed E-state index contributed by atoms with van der Waals surface area (Å²) >= 11 is 3.10. The van der Waals surface area contributed by atoms with Gasteiger partial charge < -0.3 is 0 Å². The SMILES string of the molecule is O=C(C=C(Sc1ccccc1)Sc1ccccc1)N/N=C/C=C/c1ccccc1. The monoisotopic (exact) mass is 416 g/mol. The summed E-state index contributed by atoms with van der Waals surface area (Å²) in [6.07, 6.45) is 6.85. The molecule has 0 aromatic heterocycles. The molecule has 0 heterocycles. The lowest BCUT2D eigenvalue weighted by atomic mass is 10.2. The van der Waals surface area contributed by atoms with E-state index in [1.54, 1.807) is 41.9 Å². The van der Waals surface area contributed by atoms with Gasteiger partial charge in [0.2, 0.25) is 0 Å². The first-order valence-corrected chi connectivity index (χ1v) is 10.7. The average molecular weight is 417 g/mol. The first-order valence-electron chi connectivity index (χ1n) is 9.02. The third-order valence-electron chi connectivity index (χ3n) is 3.60. The predicted molar refractivity (Wildman–Crippen MR) is 125 cm³/mol. The van der Waals surface area contributed by atoms with Crippen molar-refractivity contribution >= 4 is 41.7 Å². The lowest BCUT2D eigenvalue weighted by Gasteiger charge is -2.07. The van der Waals surface area contributed by atoms with Crippen molar-refractivity contribution in [3.8, 4) is 0 Å². The quantitative estimate of drug-likeness (QED) is 0.205. The molecule has 0 aliphatic rings. The van der Waals surface area contributed by atoms with Gasteiger partial charge in [0.05, 0.1) is 4.24 Å². The highest BCUT2D eigenvalue weighted by Gasteiger charge is 2.06. The molecule has 1 N–H and O–H groups in total. The van der Waals surface area contributed by atoms with Crippen LogP contribution in [-0.4, -0.2) is 12.1 Å². The number of rotatable bonds is 8. The Bertz CT molecular complexity index is 942. The van der Waals surface area contributed by atoms with Gasteiger partial charge in [-0.05, 0) is 35.9 Å². The molecule has 3 nitrogen and oxygen atoms in total. The van der Waals surface area contributed by atoms with E-state index in [-0.39, 0.29) is 5.91 Å². The number of hydrazone groups is 1. The van der Waals surface area contributed by atoms with Crippen LogP contribution in [0.2, 0.25) is 0 Å². The summed E-state index contributed by atoms with van der Waals surface area (Å²) in [5.74, 6) is -0.267. The summed E-state index contributed by atoms with van der Waals surface area (Å²) in [4.78, 5) is 14.5. The Morgan fingerprint density at radius 3 is 1.83 bits per heavy atom. The van der Waals surface area contributed by atoms with Gasteiger partial charge in [-0.15, -0.1) is 0 Å². The molecule has 0 fully saturated rings. The highest BCUT2D eigenvalue weighted by Crippen LogP contribution is 2.38. The number of nitrogens with one attached hydrogen (secondary N) is 1. The molecule has 0 aliphatic carbocycles. The number of hydrogen-bond acceptors (Lipinski definition) is 4. The molecule has 0 saturated carbocycles. The van der Waals surface area contributed by atoms with E-state index in [0.717, 1.165) is 19.6 Å². The van der Waals surface area contributed by atoms with Crippen LogP contribution in [-0.2, 0) is 4.79 Å². The van der Waals surface area contributed by atoms with Crippen molar-refractivity contribution in [2.75, 3.05) is 0 Å². The minimum Gasteiger partial charge on any atom is -0.268 e. The normalized spacial score (nSPS) is 10.9. The Labute approximate surface area is 179 Å². The Hall–Kier alpha value is -3.02. The standard InChI is InChI=1S/C24H20N2OS2/c27-23(26-25-18-10-13-20-11-4-1-5-12-20)19-24(28-21-14-6-2-7-15-21)29-22-16-8-3-9-17-22/h1-19H,(H,26,27)/b13-10+,25-18+. The van der Waals surface area contributed by atoms with Crippen LogP contribution in [0.5, 0.6) is 0 Å². The molecule has 3 aromatic carbocycles. The summed E-state index contributed by atoms with van der Waals surface area (Å²) < 4.78 is 0.870. The topological polar surface area (TPSA) is 41.5 Å². The van der Waals surface area contributed by atoms with E-state index in [4.69, 9.17) is 0 Å². The minimum absolute atomic E-state index is 0.267. The Kier molecular flexibility index (Phi) is 8.38. The van der Waals surface area contributed by atoms with Crippen molar-refractivity contribution in [1.29, 1.82) is 0 Å². The zero-order chi connectivity index (χ0) is 20.2.